The summed E-state index contributed by atoms with van der Waals surface area (Å²) in [5.41, 5.74) is 3.80. The van der Waals surface area contributed by atoms with E-state index in [4.69, 9.17) is 4.42 Å². The third-order valence-corrected chi connectivity index (χ3v) is 5.21. The molecule has 0 atom stereocenters. The van der Waals surface area contributed by atoms with Crippen LogP contribution in [0.2, 0.25) is 0 Å². The van der Waals surface area contributed by atoms with E-state index in [1.807, 2.05) is 29.7 Å². The van der Waals surface area contributed by atoms with Crippen molar-refractivity contribution in [1.82, 2.24) is 5.32 Å². The zero-order chi connectivity index (χ0) is 13.4. The Morgan fingerprint density at radius 1 is 1.15 bits per heavy atom. The number of furan rings is 1. The number of hydrogen-bond donors (Lipinski definition) is 1. The summed E-state index contributed by atoms with van der Waals surface area (Å²) in [7, 11) is 0. The fourth-order valence-corrected chi connectivity index (χ4v) is 4.20. The van der Waals surface area contributed by atoms with Crippen molar-refractivity contribution < 1.29 is 4.42 Å². The van der Waals surface area contributed by atoms with E-state index in [0.29, 0.717) is 0 Å². The highest BCUT2D eigenvalue weighted by molar-refractivity contribution is 7.12. The maximum atomic E-state index is 5.56. The summed E-state index contributed by atoms with van der Waals surface area (Å²) in [5.74, 6) is 0. The summed E-state index contributed by atoms with van der Waals surface area (Å²) in [6, 6.07) is 10.6. The summed E-state index contributed by atoms with van der Waals surface area (Å²) < 4.78 is 5.56. The Morgan fingerprint density at radius 3 is 3.05 bits per heavy atom. The second-order valence-corrected chi connectivity index (χ2v) is 6.60. The highest BCUT2D eigenvalue weighted by Gasteiger charge is 2.14. The number of benzene rings is 1. The van der Waals surface area contributed by atoms with Crippen molar-refractivity contribution in [3.63, 3.8) is 0 Å². The lowest BCUT2D eigenvalue weighted by atomic mass is 10.2. The SMILES string of the molecule is c1ccc2c(CNCc3cc4c(s3)CCC4)coc2c1. The predicted molar refractivity (Wildman–Crippen MR) is 83.1 cm³/mol. The van der Waals surface area contributed by atoms with Gasteiger partial charge in [0.05, 0.1) is 6.26 Å². The van der Waals surface area contributed by atoms with Crippen molar-refractivity contribution in [3.05, 3.63) is 57.5 Å². The predicted octanol–water partition coefficient (Wildman–Crippen LogP) is 4.27. The second kappa shape index (κ2) is 5.08. The summed E-state index contributed by atoms with van der Waals surface area (Å²) in [6.45, 7) is 1.82. The maximum absolute atomic E-state index is 5.56. The van der Waals surface area contributed by atoms with Crippen molar-refractivity contribution in [2.24, 2.45) is 0 Å². The molecule has 102 valence electrons. The maximum Gasteiger partial charge on any atom is 0.134 e. The average Bonchev–Trinajstić information content (AvgIpc) is 3.13. The molecular formula is C17H17NOS. The summed E-state index contributed by atoms with van der Waals surface area (Å²) in [5, 5.41) is 4.75. The van der Waals surface area contributed by atoms with E-state index >= 15 is 0 Å². The Labute approximate surface area is 122 Å². The smallest absolute Gasteiger partial charge is 0.134 e. The number of nitrogens with one attached hydrogen (secondary N) is 1. The van der Waals surface area contributed by atoms with Crippen LogP contribution in [0.3, 0.4) is 0 Å². The number of thiophene rings is 1. The first-order valence-corrected chi connectivity index (χ1v) is 7.98. The van der Waals surface area contributed by atoms with Crippen LogP contribution >= 0.6 is 11.3 Å². The molecule has 0 fully saturated rings. The van der Waals surface area contributed by atoms with E-state index in [1.54, 1.807) is 10.4 Å². The lowest BCUT2D eigenvalue weighted by molar-refractivity contribution is 0.602. The Bertz CT molecular complexity index is 719. The van der Waals surface area contributed by atoms with E-state index in [2.05, 4.69) is 23.5 Å². The molecule has 4 rings (SSSR count). The van der Waals surface area contributed by atoms with Gasteiger partial charge in [0.1, 0.15) is 5.58 Å². The van der Waals surface area contributed by atoms with Crippen LogP contribution in [0, 0.1) is 0 Å². The van der Waals surface area contributed by atoms with Crippen LogP contribution in [-0.4, -0.2) is 0 Å². The molecule has 3 heteroatoms. The van der Waals surface area contributed by atoms with Gasteiger partial charge in [-0.05, 0) is 37.0 Å². The second-order valence-electron chi connectivity index (χ2n) is 5.38. The van der Waals surface area contributed by atoms with Crippen LogP contribution in [-0.2, 0) is 25.9 Å². The Kier molecular flexibility index (Phi) is 3.09. The highest BCUT2D eigenvalue weighted by atomic mass is 32.1. The van der Waals surface area contributed by atoms with Gasteiger partial charge in [-0.3, -0.25) is 0 Å². The van der Waals surface area contributed by atoms with Gasteiger partial charge in [-0.2, -0.15) is 0 Å². The standard InChI is InChI=1S/C17H17NOS/c1-2-6-16-15(5-1)13(11-19-16)9-18-10-14-8-12-4-3-7-17(12)20-14/h1-2,5-6,8,11,18H,3-4,7,9-10H2. The van der Waals surface area contributed by atoms with Gasteiger partial charge in [-0.25, -0.2) is 0 Å². The molecule has 0 aliphatic heterocycles. The van der Waals surface area contributed by atoms with E-state index in [1.165, 1.54) is 35.1 Å². The minimum atomic E-state index is 0.861. The van der Waals surface area contributed by atoms with Gasteiger partial charge in [0, 0.05) is 33.8 Å². The summed E-state index contributed by atoms with van der Waals surface area (Å²) in [4.78, 5) is 3.07. The third-order valence-electron chi connectivity index (χ3n) is 3.97. The molecule has 1 aliphatic carbocycles. The van der Waals surface area contributed by atoms with Crippen LogP contribution in [0.25, 0.3) is 11.0 Å². The van der Waals surface area contributed by atoms with Crippen molar-refractivity contribution in [2.45, 2.75) is 32.4 Å². The molecule has 1 aliphatic rings. The highest BCUT2D eigenvalue weighted by Crippen LogP contribution is 2.30. The lowest BCUT2D eigenvalue weighted by Crippen LogP contribution is -2.11. The minimum Gasteiger partial charge on any atom is -0.464 e. The first-order chi connectivity index (χ1) is 9.90. The molecule has 0 saturated heterocycles. The Hall–Kier alpha value is -1.58. The zero-order valence-corrected chi connectivity index (χ0v) is 12.1. The van der Waals surface area contributed by atoms with E-state index in [9.17, 15) is 0 Å². The Morgan fingerprint density at radius 2 is 2.10 bits per heavy atom. The molecule has 0 bridgehead atoms. The molecule has 2 nitrogen and oxygen atoms in total. The number of aryl methyl sites for hydroxylation is 2. The van der Waals surface area contributed by atoms with Gasteiger partial charge >= 0.3 is 0 Å². The minimum absolute atomic E-state index is 0.861. The number of para-hydroxylation sites is 1. The van der Waals surface area contributed by atoms with Gasteiger partial charge in [0.25, 0.3) is 0 Å². The number of fused-ring (bicyclic) bond motifs is 2. The van der Waals surface area contributed by atoms with E-state index in [0.717, 1.165) is 18.7 Å². The molecule has 0 amide bonds. The van der Waals surface area contributed by atoms with E-state index < -0.39 is 0 Å². The fourth-order valence-electron chi connectivity index (χ4n) is 2.97. The van der Waals surface area contributed by atoms with Gasteiger partial charge < -0.3 is 9.73 Å². The van der Waals surface area contributed by atoms with Gasteiger partial charge in [0.2, 0.25) is 0 Å². The zero-order valence-electron chi connectivity index (χ0n) is 11.3. The Balaban J connectivity index is 1.42. The van der Waals surface area contributed by atoms with Gasteiger partial charge in [0.15, 0.2) is 0 Å². The van der Waals surface area contributed by atoms with Crippen LogP contribution in [0.1, 0.15) is 27.3 Å². The quantitative estimate of drug-likeness (QED) is 0.773. The van der Waals surface area contributed by atoms with Crippen LogP contribution in [0.4, 0.5) is 0 Å². The largest absolute Gasteiger partial charge is 0.464 e. The molecule has 0 spiro atoms. The molecule has 1 aromatic carbocycles. The normalized spacial score (nSPS) is 14.0. The summed E-state index contributed by atoms with van der Waals surface area (Å²) >= 11 is 1.98. The molecule has 1 N–H and O–H groups in total. The third kappa shape index (κ3) is 2.17. The molecular weight excluding hydrogens is 266 g/mol. The average molecular weight is 283 g/mol. The van der Waals surface area contributed by atoms with Gasteiger partial charge in [-0.15, -0.1) is 11.3 Å². The fraction of sp³-hybridized carbons (Fsp3) is 0.294. The lowest BCUT2D eigenvalue weighted by Gasteiger charge is -2.01. The van der Waals surface area contributed by atoms with Crippen molar-refractivity contribution in [1.29, 1.82) is 0 Å². The summed E-state index contributed by atoms with van der Waals surface area (Å²) in [6.07, 6.45) is 5.77. The number of rotatable bonds is 4. The first kappa shape index (κ1) is 12.2. The molecule has 0 saturated carbocycles. The monoisotopic (exact) mass is 283 g/mol. The van der Waals surface area contributed by atoms with Crippen LogP contribution in [0.15, 0.2) is 41.0 Å². The molecule has 0 radical (unpaired) electrons. The molecule has 2 aromatic heterocycles. The van der Waals surface area contributed by atoms with Crippen LogP contribution < -0.4 is 5.32 Å². The molecule has 20 heavy (non-hydrogen) atoms. The van der Waals surface area contributed by atoms with Crippen LogP contribution in [0.5, 0.6) is 0 Å². The van der Waals surface area contributed by atoms with Gasteiger partial charge in [-0.1, -0.05) is 18.2 Å². The topological polar surface area (TPSA) is 25.2 Å². The van der Waals surface area contributed by atoms with Crippen molar-refractivity contribution in [2.75, 3.05) is 0 Å². The first-order valence-electron chi connectivity index (χ1n) is 7.16. The van der Waals surface area contributed by atoms with Crippen molar-refractivity contribution >= 4 is 22.3 Å². The molecule has 0 unspecified atom stereocenters. The molecule has 3 aromatic rings. The van der Waals surface area contributed by atoms with E-state index in [-0.39, 0.29) is 0 Å². The molecule has 2 heterocycles. The number of hydrogen-bond acceptors (Lipinski definition) is 3. The van der Waals surface area contributed by atoms with Crippen molar-refractivity contribution in [3.8, 4) is 0 Å².